The molecular weight excluding hydrogens is 235 g/mol. The molecule has 17 heavy (non-hydrogen) atoms. The quantitative estimate of drug-likeness (QED) is 0.842. The van der Waals surface area contributed by atoms with Gasteiger partial charge in [0.05, 0.1) is 5.60 Å². The maximum Gasteiger partial charge on any atom is 0.387 e. The Morgan fingerprint density at radius 1 is 1.41 bits per heavy atom. The van der Waals surface area contributed by atoms with Gasteiger partial charge in [0.2, 0.25) is 0 Å². The summed E-state index contributed by atoms with van der Waals surface area (Å²) < 4.78 is 41.4. The summed E-state index contributed by atoms with van der Waals surface area (Å²) in [5, 5.41) is 12.7. The van der Waals surface area contributed by atoms with Crippen molar-refractivity contribution in [1.82, 2.24) is 5.32 Å². The Bertz CT molecular complexity index is 408. The number of aliphatic hydroxyl groups is 1. The van der Waals surface area contributed by atoms with Crippen LogP contribution in [0, 0.1) is 5.82 Å². The number of ether oxygens (including phenoxy) is 1. The molecule has 0 amide bonds. The summed E-state index contributed by atoms with van der Waals surface area (Å²) in [6.07, 6.45) is 0.154. The first kappa shape index (κ1) is 12.2. The lowest BCUT2D eigenvalue weighted by molar-refractivity contribution is -0.0501. The highest BCUT2D eigenvalue weighted by atomic mass is 19.3. The molecule has 0 aliphatic carbocycles. The maximum atomic E-state index is 13.5. The van der Waals surface area contributed by atoms with E-state index in [1.54, 1.807) is 0 Å². The van der Waals surface area contributed by atoms with Gasteiger partial charge < -0.3 is 15.2 Å². The van der Waals surface area contributed by atoms with E-state index in [0.29, 0.717) is 13.1 Å². The van der Waals surface area contributed by atoms with Crippen molar-refractivity contribution in [3.8, 4) is 5.75 Å². The van der Waals surface area contributed by atoms with Crippen molar-refractivity contribution in [1.29, 1.82) is 0 Å². The fraction of sp³-hybridized carbons (Fsp3) is 0.455. The predicted molar refractivity (Wildman–Crippen MR) is 54.6 cm³/mol. The van der Waals surface area contributed by atoms with Gasteiger partial charge in [-0.1, -0.05) is 6.07 Å². The van der Waals surface area contributed by atoms with Crippen LogP contribution in [-0.2, 0) is 6.42 Å². The summed E-state index contributed by atoms with van der Waals surface area (Å²) in [4.78, 5) is 0. The van der Waals surface area contributed by atoms with Crippen molar-refractivity contribution >= 4 is 0 Å². The zero-order valence-corrected chi connectivity index (χ0v) is 8.92. The smallest absolute Gasteiger partial charge is 0.387 e. The first-order valence-corrected chi connectivity index (χ1v) is 5.15. The van der Waals surface area contributed by atoms with Crippen LogP contribution in [0.4, 0.5) is 13.2 Å². The number of nitrogens with one attached hydrogen (secondary N) is 1. The van der Waals surface area contributed by atoms with Gasteiger partial charge in [-0.2, -0.15) is 8.78 Å². The average Bonchev–Trinajstić information content (AvgIpc) is 2.19. The highest BCUT2D eigenvalue weighted by molar-refractivity contribution is 5.30. The molecule has 94 valence electrons. The first-order chi connectivity index (χ1) is 7.98. The summed E-state index contributed by atoms with van der Waals surface area (Å²) in [6.45, 7) is -2.16. The zero-order valence-electron chi connectivity index (χ0n) is 8.92. The Hall–Kier alpha value is -1.27. The van der Waals surface area contributed by atoms with E-state index in [1.165, 1.54) is 12.1 Å². The molecule has 1 aliphatic heterocycles. The largest absolute Gasteiger partial charge is 0.435 e. The third-order valence-corrected chi connectivity index (χ3v) is 2.68. The molecule has 0 spiro atoms. The molecule has 1 aromatic rings. The summed E-state index contributed by atoms with van der Waals surface area (Å²) in [7, 11) is 0. The van der Waals surface area contributed by atoms with Crippen molar-refractivity contribution in [3.05, 3.63) is 29.6 Å². The summed E-state index contributed by atoms with van der Waals surface area (Å²) in [5.74, 6) is -0.872. The van der Waals surface area contributed by atoms with Gasteiger partial charge in [0.15, 0.2) is 0 Å². The molecule has 0 saturated carbocycles. The Kier molecular flexibility index (Phi) is 3.26. The summed E-state index contributed by atoms with van der Waals surface area (Å²) in [6, 6.07) is 3.51. The molecule has 0 unspecified atom stereocenters. The van der Waals surface area contributed by atoms with Crippen LogP contribution in [0.1, 0.15) is 5.56 Å². The Morgan fingerprint density at radius 3 is 2.59 bits per heavy atom. The van der Waals surface area contributed by atoms with Gasteiger partial charge in [-0.25, -0.2) is 4.39 Å². The molecule has 2 N–H and O–H groups in total. The normalized spacial score (nSPS) is 17.9. The molecule has 0 radical (unpaired) electrons. The molecular formula is C11H12F3NO2. The van der Waals surface area contributed by atoms with Crippen molar-refractivity contribution in [2.24, 2.45) is 0 Å². The van der Waals surface area contributed by atoms with E-state index in [2.05, 4.69) is 10.1 Å². The van der Waals surface area contributed by atoms with Crippen molar-refractivity contribution in [2.75, 3.05) is 13.1 Å². The summed E-state index contributed by atoms with van der Waals surface area (Å²) in [5.41, 5.74) is -0.651. The number of hydrogen-bond acceptors (Lipinski definition) is 3. The summed E-state index contributed by atoms with van der Waals surface area (Å²) >= 11 is 0. The van der Waals surface area contributed by atoms with Gasteiger partial charge in [0.1, 0.15) is 11.6 Å². The molecule has 0 aromatic heterocycles. The second kappa shape index (κ2) is 4.54. The molecule has 6 heteroatoms. The van der Waals surface area contributed by atoms with Crippen molar-refractivity contribution in [2.45, 2.75) is 18.6 Å². The van der Waals surface area contributed by atoms with Gasteiger partial charge in [0.25, 0.3) is 0 Å². The van der Waals surface area contributed by atoms with E-state index in [-0.39, 0.29) is 17.7 Å². The fourth-order valence-electron chi connectivity index (χ4n) is 1.74. The lowest BCUT2D eigenvalue weighted by Crippen LogP contribution is -2.60. The van der Waals surface area contributed by atoms with E-state index >= 15 is 0 Å². The molecule has 1 aliphatic rings. The standard InChI is InChI=1S/C11H12F3NO2/c12-9-3-8(17-10(13)14)2-1-7(9)4-11(16)5-15-6-11/h1-3,10,15-16H,4-6H2. The average molecular weight is 247 g/mol. The zero-order chi connectivity index (χ0) is 12.5. The van der Waals surface area contributed by atoms with Gasteiger partial charge in [-0.3, -0.25) is 0 Å². The minimum Gasteiger partial charge on any atom is -0.435 e. The SMILES string of the molecule is OC1(Cc2ccc(OC(F)F)cc2F)CNC1. The van der Waals surface area contributed by atoms with E-state index in [1.807, 2.05) is 0 Å². The number of alkyl halides is 2. The van der Waals surface area contributed by atoms with Crippen LogP contribution in [0.5, 0.6) is 5.75 Å². The molecule has 2 rings (SSSR count). The van der Waals surface area contributed by atoms with Gasteiger partial charge in [0, 0.05) is 25.6 Å². The highest BCUT2D eigenvalue weighted by Crippen LogP contribution is 2.23. The monoisotopic (exact) mass is 247 g/mol. The lowest BCUT2D eigenvalue weighted by Gasteiger charge is -2.37. The molecule has 1 aromatic carbocycles. The molecule has 1 saturated heterocycles. The first-order valence-electron chi connectivity index (χ1n) is 5.15. The van der Waals surface area contributed by atoms with Crippen LogP contribution in [0.15, 0.2) is 18.2 Å². The van der Waals surface area contributed by atoms with Crippen LogP contribution in [0.25, 0.3) is 0 Å². The number of benzene rings is 1. The topological polar surface area (TPSA) is 41.5 Å². The van der Waals surface area contributed by atoms with Crippen molar-refractivity contribution in [3.63, 3.8) is 0 Å². The number of β-amino-alcohol motifs (C(OH)–C–C–N with tert-alkyl or cyclic N) is 1. The van der Waals surface area contributed by atoms with Gasteiger partial charge >= 0.3 is 6.61 Å². The third-order valence-electron chi connectivity index (χ3n) is 2.68. The molecule has 1 heterocycles. The van der Waals surface area contributed by atoms with E-state index in [9.17, 15) is 18.3 Å². The van der Waals surface area contributed by atoms with E-state index in [0.717, 1.165) is 6.07 Å². The molecule has 0 bridgehead atoms. The van der Waals surface area contributed by atoms with Crippen LogP contribution in [0.2, 0.25) is 0 Å². The van der Waals surface area contributed by atoms with Gasteiger partial charge in [-0.05, 0) is 11.6 Å². The Balaban J connectivity index is 2.08. The second-order valence-electron chi connectivity index (χ2n) is 4.14. The van der Waals surface area contributed by atoms with Crippen LogP contribution in [-0.4, -0.2) is 30.4 Å². The number of halogens is 3. The number of rotatable bonds is 4. The van der Waals surface area contributed by atoms with Crippen LogP contribution >= 0.6 is 0 Å². The molecule has 3 nitrogen and oxygen atoms in total. The van der Waals surface area contributed by atoms with Gasteiger partial charge in [-0.15, -0.1) is 0 Å². The van der Waals surface area contributed by atoms with Crippen molar-refractivity contribution < 1.29 is 23.0 Å². The molecule has 0 atom stereocenters. The minimum absolute atomic E-state index is 0.154. The second-order valence-corrected chi connectivity index (χ2v) is 4.14. The highest BCUT2D eigenvalue weighted by Gasteiger charge is 2.35. The van der Waals surface area contributed by atoms with E-state index in [4.69, 9.17) is 0 Å². The lowest BCUT2D eigenvalue weighted by atomic mass is 9.89. The van der Waals surface area contributed by atoms with E-state index < -0.39 is 18.0 Å². The maximum absolute atomic E-state index is 13.5. The van der Waals surface area contributed by atoms with Crippen LogP contribution in [0.3, 0.4) is 0 Å². The number of hydrogen-bond donors (Lipinski definition) is 2. The third kappa shape index (κ3) is 2.89. The Morgan fingerprint density at radius 2 is 2.12 bits per heavy atom. The van der Waals surface area contributed by atoms with Crippen LogP contribution < -0.4 is 10.1 Å². The predicted octanol–water partition coefficient (Wildman–Crippen LogP) is 1.30. The molecule has 1 fully saturated rings. The minimum atomic E-state index is -2.97. The fourth-order valence-corrected chi connectivity index (χ4v) is 1.74. The Labute approximate surface area is 96.2 Å².